The van der Waals surface area contributed by atoms with Gasteiger partial charge in [0.2, 0.25) is 21.8 Å². The number of sulfonamides is 1. The maximum absolute atomic E-state index is 12.5. The second kappa shape index (κ2) is 7.49. The summed E-state index contributed by atoms with van der Waals surface area (Å²) < 4.78 is 26.5. The lowest BCUT2D eigenvalue weighted by atomic mass is 10.1. The van der Waals surface area contributed by atoms with Crippen molar-refractivity contribution in [3.63, 3.8) is 0 Å². The molecule has 0 bridgehead atoms. The molecule has 0 radical (unpaired) electrons. The van der Waals surface area contributed by atoms with Crippen LogP contribution in [0.2, 0.25) is 0 Å². The Labute approximate surface area is 147 Å². The molecule has 0 N–H and O–H groups in total. The summed E-state index contributed by atoms with van der Waals surface area (Å²) in [5.41, 5.74) is 0. The standard InChI is InChI=1S/C16H22N4O4S/c21-15-5-3-6-16(22)20(15)12-13-25(23,24)19-10-8-18(9-11-19)14-4-1-2-7-17-14/h1-2,4,7H,3,5-6,8-13H2. The minimum atomic E-state index is -3.50. The highest BCUT2D eigenvalue weighted by Gasteiger charge is 2.31. The zero-order valence-corrected chi connectivity index (χ0v) is 14.8. The lowest BCUT2D eigenvalue weighted by molar-refractivity contribution is -0.147. The van der Waals surface area contributed by atoms with Crippen molar-refractivity contribution >= 4 is 27.7 Å². The lowest BCUT2D eigenvalue weighted by Gasteiger charge is -2.35. The first-order valence-corrected chi connectivity index (χ1v) is 10.1. The van der Waals surface area contributed by atoms with E-state index in [-0.39, 0.29) is 24.1 Å². The summed E-state index contributed by atoms with van der Waals surface area (Å²) in [5.74, 6) is 0.0792. The second-order valence-electron chi connectivity index (χ2n) is 6.18. The fraction of sp³-hybridized carbons (Fsp3) is 0.562. The van der Waals surface area contributed by atoms with Crippen LogP contribution in [0.15, 0.2) is 24.4 Å². The second-order valence-corrected chi connectivity index (χ2v) is 8.27. The van der Waals surface area contributed by atoms with Crippen molar-refractivity contribution < 1.29 is 18.0 Å². The van der Waals surface area contributed by atoms with Crippen LogP contribution in [0.5, 0.6) is 0 Å². The number of likely N-dealkylation sites (tertiary alicyclic amines) is 1. The van der Waals surface area contributed by atoms with Crippen LogP contribution < -0.4 is 4.90 Å². The third-order valence-electron chi connectivity index (χ3n) is 4.56. The molecule has 0 unspecified atom stereocenters. The third kappa shape index (κ3) is 4.16. The quantitative estimate of drug-likeness (QED) is 0.685. The summed E-state index contributed by atoms with van der Waals surface area (Å²) >= 11 is 0. The lowest BCUT2D eigenvalue weighted by Crippen LogP contribution is -2.51. The van der Waals surface area contributed by atoms with E-state index >= 15 is 0 Å². The molecule has 0 atom stereocenters. The van der Waals surface area contributed by atoms with Gasteiger partial charge in [0.1, 0.15) is 5.82 Å². The van der Waals surface area contributed by atoms with Gasteiger partial charge < -0.3 is 4.90 Å². The highest BCUT2D eigenvalue weighted by molar-refractivity contribution is 7.89. The maximum atomic E-state index is 12.5. The van der Waals surface area contributed by atoms with Crippen LogP contribution in [-0.4, -0.2) is 72.9 Å². The molecule has 2 aliphatic rings. The maximum Gasteiger partial charge on any atom is 0.229 e. The molecule has 0 spiro atoms. The van der Waals surface area contributed by atoms with E-state index in [1.54, 1.807) is 6.20 Å². The van der Waals surface area contributed by atoms with Crippen molar-refractivity contribution in [3.05, 3.63) is 24.4 Å². The van der Waals surface area contributed by atoms with Gasteiger partial charge in [-0.2, -0.15) is 4.31 Å². The molecule has 0 aromatic carbocycles. The zero-order valence-electron chi connectivity index (χ0n) is 14.0. The number of anilines is 1. The predicted octanol–water partition coefficient (Wildman–Crippen LogP) is 0.0725. The number of aromatic nitrogens is 1. The third-order valence-corrected chi connectivity index (χ3v) is 6.41. The van der Waals surface area contributed by atoms with Crippen LogP contribution in [0, 0.1) is 0 Å². The average Bonchev–Trinajstić information content (AvgIpc) is 2.62. The molecular weight excluding hydrogens is 344 g/mol. The van der Waals surface area contributed by atoms with Crippen molar-refractivity contribution in [1.29, 1.82) is 0 Å². The minimum absolute atomic E-state index is 0.0551. The number of nitrogens with zero attached hydrogens (tertiary/aromatic N) is 4. The number of hydrogen-bond donors (Lipinski definition) is 0. The first-order chi connectivity index (χ1) is 12.0. The number of piperidine rings is 1. The number of carbonyl (C=O) groups excluding carboxylic acids is 2. The number of amides is 2. The van der Waals surface area contributed by atoms with Crippen LogP contribution >= 0.6 is 0 Å². The van der Waals surface area contributed by atoms with Crippen LogP contribution in [0.4, 0.5) is 5.82 Å². The van der Waals surface area contributed by atoms with Crippen LogP contribution in [0.3, 0.4) is 0 Å². The Morgan fingerprint density at radius 3 is 2.28 bits per heavy atom. The molecular formula is C16H22N4O4S. The summed E-state index contributed by atoms with van der Waals surface area (Å²) in [7, 11) is -3.50. The predicted molar refractivity (Wildman–Crippen MR) is 92.4 cm³/mol. The van der Waals surface area contributed by atoms with E-state index in [0.29, 0.717) is 45.4 Å². The number of hydrogen-bond acceptors (Lipinski definition) is 6. The smallest absolute Gasteiger partial charge is 0.229 e. The van der Waals surface area contributed by atoms with Gasteiger partial charge in [0.25, 0.3) is 0 Å². The Bertz CT molecular complexity index is 714. The molecule has 1 aromatic heterocycles. The molecule has 3 heterocycles. The van der Waals surface area contributed by atoms with Crippen molar-refractivity contribution in [1.82, 2.24) is 14.2 Å². The first-order valence-electron chi connectivity index (χ1n) is 8.44. The zero-order chi connectivity index (χ0) is 17.9. The van der Waals surface area contributed by atoms with Gasteiger partial charge >= 0.3 is 0 Å². The van der Waals surface area contributed by atoms with Crippen molar-refractivity contribution in [3.8, 4) is 0 Å². The molecule has 2 amide bonds. The monoisotopic (exact) mass is 366 g/mol. The first kappa shape index (κ1) is 17.8. The largest absolute Gasteiger partial charge is 0.354 e. The van der Waals surface area contributed by atoms with E-state index in [0.717, 1.165) is 10.7 Å². The van der Waals surface area contributed by atoms with Crippen LogP contribution in [0.1, 0.15) is 19.3 Å². The summed E-state index contributed by atoms with van der Waals surface area (Å²) in [6.45, 7) is 1.83. The fourth-order valence-electron chi connectivity index (χ4n) is 3.12. The summed E-state index contributed by atoms with van der Waals surface area (Å²) in [4.78, 5) is 31.0. The summed E-state index contributed by atoms with van der Waals surface area (Å²) in [6.07, 6.45) is 2.89. The summed E-state index contributed by atoms with van der Waals surface area (Å²) in [6, 6.07) is 5.64. The minimum Gasteiger partial charge on any atom is -0.354 e. The molecule has 2 saturated heterocycles. The Hall–Kier alpha value is -2.00. The molecule has 25 heavy (non-hydrogen) atoms. The van der Waals surface area contributed by atoms with Gasteiger partial charge in [0.05, 0.1) is 5.75 Å². The molecule has 0 saturated carbocycles. The Kier molecular flexibility index (Phi) is 5.33. The molecule has 136 valence electrons. The molecule has 0 aliphatic carbocycles. The molecule has 2 fully saturated rings. The Balaban J connectivity index is 1.55. The van der Waals surface area contributed by atoms with Crippen molar-refractivity contribution in [2.75, 3.05) is 43.4 Å². The highest BCUT2D eigenvalue weighted by atomic mass is 32.2. The van der Waals surface area contributed by atoms with Gasteiger partial charge in [-0.1, -0.05) is 6.07 Å². The van der Waals surface area contributed by atoms with Gasteiger partial charge in [-0.05, 0) is 18.6 Å². The molecule has 3 rings (SSSR count). The van der Waals surface area contributed by atoms with Crippen molar-refractivity contribution in [2.24, 2.45) is 0 Å². The van der Waals surface area contributed by atoms with E-state index in [9.17, 15) is 18.0 Å². The highest BCUT2D eigenvalue weighted by Crippen LogP contribution is 2.16. The van der Waals surface area contributed by atoms with Gasteiger partial charge in [-0.15, -0.1) is 0 Å². The molecule has 8 nitrogen and oxygen atoms in total. The molecule has 9 heteroatoms. The Morgan fingerprint density at radius 1 is 1.00 bits per heavy atom. The topological polar surface area (TPSA) is 90.9 Å². The SMILES string of the molecule is O=C1CCCC(=O)N1CCS(=O)(=O)N1CCN(c2ccccn2)CC1. The number of carbonyl (C=O) groups is 2. The van der Waals surface area contributed by atoms with Gasteiger partial charge in [0, 0.05) is 51.8 Å². The van der Waals surface area contributed by atoms with E-state index in [4.69, 9.17) is 0 Å². The number of imide groups is 1. The van der Waals surface area contributed by atoms with Gasteiger partial charge in [-0.25, -0.2) is 13.4 Å². The summed E-state index contributed by atoms with van der Waals surface area (Å²) in [5, 5.41) is 0. The van der Waals surface area contributed by atoms with Crippen LogP contribution in [0.25, 0.3) is 0 Å². The Morgan fingerprint density at radius 2 is 1.68 bits per heavy atom. The van der Waals surface area contributed by atoms with Gasteiger partial charge in [-0.3, -0.25) is 14.5 Å². The van der Waals surface area contributed by atoms with E-state index in [1.165, 1.54) is 4.31 Å². The van der Waals surface area contributed by atoms with E-state index in [1.807, 2.05) is 23.1 Å². The van der Waals surface area contributed by atoms with Crippen molar-refractivity contribution in [2.45, 2.75) is 19.3 Å². The van der Waals surface area contributed by atoms with E-state index in [2.05, 4.69) is 4.98 Å². The van der Waals surface area contributed by atoms with Crippen LogP contribution in [-0.2, 0) is 19.6 Å². The van der Waals surface area contributed by atoms with E-state index < -0.39 is 10.0 Å². The average molecular weight is 366 g/mol. The number of rotatable bonds is 5. The van der Waals surface area contributed by atoms with Gasteiger partial charge in [0.15, 0.2) is 0 Å². The number of pyridine rings is 1. The normalized spacial score (nSPS) is 20.2. The molecule has 1 aromatic rings. The number of piperazine rings is 1. The molecule has 2 aliphatic heterocycles. The fourth-order valence-corrected chi connectivity index (χ4v) is 4.51.